The third kappa shape index (κ3) is 3.91. The van der Waals surface area contributed by atoms with Crippen molar-refractivity contribution in [1.82, 2.24) is 0 Å². The zero-order chi connectivity index (χ0) is 15.2. The molecule has 0 atom stereocenters. The van der Waals surface area contributed by atoms with E-state index >= 15 is 0 Å². The van der Waals surface area contributed by atoms with Gasteiger partial charge in [-0.15, -0.1) is 0 Å². The number of nitriles is 1. The van der Waals surface area contributed by atoms with Crippen molar-refractivity contribution in [3.63, 3.8) is 0 Å². The summed E-state index contributed by atoms with van der Waals surface area (Å²) < 4.78 is 0. The average Bonchev–Trinajstić information content (AvgIpc) is 2.49. The highest BCUT2D eigenvalue weighted by Crippen LogP contribution is 2.15. The Morgan fingerprint density at radius 2 is 1.43 bits per heavy atom. The summed E-state index contributed by atoms with van der Waals surface area (Å²) >= 11 is 0. The smallest absolute Gasteiger partial charge is 0.255 e. The highest BCUT2D eigenvalue weighted by molar-refractivity contribution is 6.04. The van der Waals surface area contributed by atoms with Crippen LogP contribution in [0.1, 0.15) is 22.8 Å². The molecule has 2 aromatic rings. The largest absolute Gasteiger partial charge is 0.326 e. The van der Waals surface area contributed by atoms with E-state index in [2.05, 4.69) is 10.6 Å². The molecule has 2 rings (SSSR count). The highest BCUT2D eigenvalue weighted by atomic mass is 16.2. The third-order valence-electron chi connectivity index (χ3n) is 2.74. The number of carbonyl (C=O) groups excluding carboxylic acids is 2. The zero-order valence-corrected chi connectivity index (χ0v) is 11.4. The van der Waals surface area contributed by atoms with Gasteiger partial charge in [-0.1, -0.05) is 0 Å². The van der Waals surface area contributed by atoms with E-state index in [0.717, 1.165) is 0 Å². The van der Waals surface area contributed by atoms with Crippen LogP contribution in [-0.4, -0.2) is 11.8 Å². The van der Waals surface area contributed by atoms with Crippen LogP contribution >= 0.6 is 0 Å². The zero-order valence-electron chi connectivity index (χ0n) is 11.4. The van der Waals surface area contributed by atoms with Crippen molar-refractivity contribution in [2.75, 3.05) is 10.6 Å². The Morgan fingerprint density at radius 1 is 0.905 bits per heavy atom. The molecule has 0 spiro atoms. The minimum absolute atomic E-state index is 0.149. The Morgan fingerprint density at radius 3 is 1.90 bits per heavy atom. The highest BCUT2D eigenvalue weighted by Gasteiger charge is 2.06. The Hall–Kier alpha value is -3.13. The maximum atomic E-state index is 12.0. The summed E-state index contributed by atoms with van der Waals surface area (Å²) in [6, 6.07) is 15.2. The molecule has 0 aliphatic rings. The van der Waals surface area contributed by atoms with Crippen LogP contribution in [0.4, 0.5) is 11.4 Å². The van der Waals surface area contributed by atoms with Crippen molar-refractivity contribution in [2.45, 2.75) is 6.92 Å². The molecule has 2 N–H and O–H groups in total. The van der Waals surface area contributed by atoms with Gasteiger partial charge < -0.3 is 10.6 Å². The van der Waals surface area contributed by atoms with Gasteiger partial charge in [0, 0.05) is 23.9 Å². The second-order valence-corrected chi connectivity index (χ2v) is 4.40. The molecule has 2 aromatic carbocycles. The van der Waals surface area contributed by atoms with Crippen molar-refractivity contribution in [2.24, 2.45) is 0 Å². The number of carbonyl (C=O) groups is 2. The van der Waals surface area contributed by atoms with Gasteiger partial charge in [-0.3, -0.25) is 9.59 Å². The fraction of sp³-hybridized carbons (Fsp3) is 0.0625. The predicted molar refractivity (Wildman–Crippen MR) is 79.9 cm³/mol. The van der Waals surface area contributed by atoms with Crippen LogP contribution in [0.25, 0.3) is 0 Å². The normalized spacial score (nSPS) is 9.52. The first kappa shape index (κ1) is 14.3. The summed E-state index contributed by atoms with van der Waals surface area (Å²) in [6.45, 7) is 1.43. The van der Waals surface area contributed by atoms with Gasteiger partial charge in [0.15, 0.2) is 0 Å². The summed E-state index contributed by atoms with van der Waals surface area (Å²) in [5.41, 5.74) is 2.27. The molecule has 0 aliphatic heterocycles. The molecular weight excluding hydrogens is 266 g/mol. The van der Waals surface area contributed by atoms with Gasteiger partial charge in [-0.05, 0) is 48.5 Å². The number of rotatable bonds is 3. The molecule has 104 valence electrons. The van der Waals surface area contributed by atoms with E-state index in [-0.39, 0.29) is 11.8 Å². The van der Waals surface area contributed by atoms with E-state index < -0.39 is 0 Å². The molecule has 5 nitrogen and oxygen atoms in total. The van der Waals surface area contributed by atoms with Crippen LogP contribution in [-0.2, 0) is 4.79 Å². The molecule has 0 aromatic heterocycles. The summed E-state index contributed by atoms with van der Waals surface area (Å²) in [5, 5.41) is 14.1. The predicted octanol–water partition coefficient (Wildman–Crippen LogP) is 2.77. The van der Waals surface area contributed by atoms with Crippen LogP contribution in [0.15, 0.2) is 48.5 Å². The molecule has 0 aliphatic carbocycles. The summed E-state index contributed by atoms with van der Waals surface area (Å²) in [5.74, 6) is -0.406. The van der Waals surface area contributed by atoms with Crippen LogP contribution < -0.4 is 10.6 Å². The van der Waals surface area contributed by atoms with Crippen molar-refractivity contribution in [1.29, 1.82) is 5.26 Å². The first-order chi connectivity index (χ1) is 10.1. The molecule has 0 unspecified atom stereocenters. The summed E-state index contributed by atoms with van der Waals surface area (Å²) in [4.78, 5) is 22.9. The molecule has 21 heavy (non-hydrogen) atoms. The molecule has 5 heteroatoms. The number of benzene rings is 2. The van der Waals surface area contributed by atoms with Crippen LogP contribution in [0.2, 0.25) is 0 Å². The fourth-order valence-electron chi connectivity index (χ4n) is 1.74. The molecule has 0 radical (unpaired) electrons. The molecular formula is C16H13N3O2. The Labute approximate surface area is 122 Å². The van der Waals surface area contributed by atoms with E-state index in [1.165, 1.54) is 6.92 Å². The van der Waals surface area contributed by atoms with E-state index in [0.29, 0.717) is 22.5 Å². The van der Waals surface area contributed by atoms with Gasteiger partial charge in [0.2, 0.25) is 5.91 Å². The molecule has 0 fully saturated rings. The Bertz CT molecular complexity index is 698. The topological polar surface area (TPSA) is 82.0 Å². The first-order valence-corrected chi connectivity index (χ1v) is 6.27. The standard InChI is InChI=1S/C16H13N3O2/c1-11(20)18-14-6-8-15(9-7-14)19-16(21)13-4-2-12(10-17)3-5-13/h2-9H,1H3,(H,18,20)(H,19,21). The SMILES string of the molecule is CC(=O)Nc1ccc(NC(=O)c2ccc(C#N)cc2)cc1. The lowest BCUT2D eigenvalue weighted by Gasteiger charge is -2.07. The number of nitrogens with one attached hydrogen (secondary N) is 2. The van der Waals surface area contributed by atoms with E-state index in [9.17, 15) is 9.59 Å². The number of hydrogen-bond donors (Lipinski definition) is 2. The van der Waals surface area contributed by atoms with Gasteiger partial charge in [-0.25, -0.2) is 0 Å². The minimum Gasteiger partial charge on any atom is -0.326 e. The first-order valence-electron chi connectivity index (χ1n) is 6.27. The van der Waals surface area contributed by atoms with E-state index in [1.807, 2.05) is 6.07 Å². The lowest BCUT2D eigenvalue weighted by molar-refractivity contribution is -0.114. The third-order valence-corrected chi connectivity index (χ3v) is 2.74. The van der Waals surface area contributed by atoms with Crippen molar-refractivity contribution >= 4 is 23.2 Å². The average molecular weight is 279 g/mol. The minimum atomic E-state index is -0.258. The van der Waals surface area contributed by atoms with Gasteiger partial charge in [-0.2, -0.15) is 5.26 Å². The summed E-state index contributed by atoms with van der Waals surface area (Å²) in [6.07, 6.45) is 0. The van der Waals surface area contributed by atoms with Crippen molar-refractivity contribution in [3.05, 3.63) is 59.7 Å². The van der Waals surface area contributed by atoms with E-state index in [4.69, 9.17) is 5.26 Å². The molecule has 2 amide bonds. The quantitative estimate of drug-likeness (QED) is 0.906. The maximum absolute atomic E-state index is 12.0. The Kier molecular flexibility index (Phi) is 4.32. The maximum Gasteiger partial charge on any atom is 0.255 e. The molecule has 0 heterocycles. The van der Waals surface area contributed by atoms with Gasteiger partial charge >= 0.3 is 0 Å². The fourth-order valence-corrected chi connectivity index (χ4v) is 1.74. The molecule has 0 saturated heterocycles. The summed E-state index contributed by atoms with van der Waals surface area (Å²) in [7, 11) is 0. The number of anilines is 2. The molecule has 0 saturated carbocycles. The van der Waals surface area contributed by atoms with Gasteiger partial charge in [0.25, 0.3) is 5.91 Å². The van der Waals surface area contributed by atoms with E-state index in [1.54, 1.807) is 48.5 Å². The Balaban J connectivity index is 2.05. The molecule has 0 bridgehead atoms. The second-order valence-electron chi connectivity index (χ2n) is 4.40. The number of amides is 2. The number of nitrogens with zero attached hydrogens (tertiary/aromatic N) is 1. The van der Waals surface area contributed by atoms with Gasteiger partial charge in [0.1, 0.15) is 0 Å². The van der Waals surface area contributed by atoms with Crippen LogP contribution in [0, 0.1) is 11.3 Å². The lowest BCUT2D eigenvalue weighted by Crippen LogP contribution is -2.12. The van der Waals surface area contributed by atoms with Crippen LogP contribution in [0.3, 0.4) is 0 Å². The number of hydrogen-bond acceptors (Lipinski definition) is 3. The lowest BCUT2D eigenvalue weighted by atomic mass is 10.1. The van der Waals surface area contributed by atoms with Gasteiger partial charge in [0.05, 0.1) is 11.6 Å². The van der Waals surface area contributed by atoms with Crippen molar-refractivity contribution < 1.29 is 9.59 Å². The monoisotopic (exact) mass is 279 g/mol. The van der Waals surface area contributed by atoms with Crippen LogP contribution in [0.5, 0.6) is 0 Å². The van der Waals surface area contributed by atoms with Crippen molar-refractivity contribution in [3.8, 4) is 6.07 Å². The second kappa shape index (κ2) is 6.35.